The molecule has 0 spiro atoms. The number of benzene rings is 1. The first kappa shape index (κ1) is 16.5. The fraction of sp³-hybridized carbons (Fsp3) is 0.312. The van der Waals surface area contributed by atoms with Crippen molar-refractivity contribution in [3.8, 4) is 0 Å². The van der Waals surface area contributed by atoms with E-state index in [1.807, 2.05) is 37.3 Å². The Hall–Kier alpha value is -2.83. The van der Waals surface area contributed by atoms with Crippen molar-refractivity contribution in [3.05, 3.63) is 53.9 Å². The van der Waals surface area contributed by atoms with E-state index in [1.165, 1.54) is 0 Å². The van der Waals surface area contributed by atoms with E-state index < -0.39 is 18.1 Å². The second-order valence-electron chi connectivity index (χ2n) is 4.93. The Bertz CT molecular complexity index is 654. The van der Waals surface area contributed by atoms with Crippen molar-refractivity contribution < 1.29 is 19.4 Å². The van der Waals surface area contributed by atoms with Crippen LogP contribution in [0.1, 0.15) is 30.6 Å². The van der Waals surface area contributed by atoms with Crippen molar-refractivity contribution >= 4 is 12.1 Å². The maximum Gasteiger partial charge on any atom is 0.408 e. The molecule has 0 fully saturated rings. The van der Waals surface area contributed by atoms with Gasteiger partial charge in [-0.2, -0.15) is 5.10 Å². The molecule has 1 aromatic carbocycles. The monoisotopic (exact) mass is 317 g/mol. The van der Waals surface area contributed by atoms with Gasteiger partial charge in [0.1, 0.15) is 6.61 Å². The molecule has 0 radical (unpaired) electrons. The van der Waals surface area contributed by atoms with Gasteiger partial charge >= 0.3 is 12.1 Å². The van der Waals surface area contributed by atoms with Gasteiger partial charge in [0.05, 0.1) is 18.2 Å². The molecule has 1 atom stereocenters. The molecule has 0 aliphatic heterocycles. The molecule has 1 amide bonds. The Labute approximate surface area is 133 Å². The Morgan fingerprint density at radius 2 is 2.04 bits per heavy atom. The van der Waals surface area contributed by atoms with Gasteiger partial charge in [-0.3, -0.25) is 9.48 Å². The zero-order valence-corrected chi connectivity index (χ0v) is 12.8. The lowest BCUT2D eigenvalue weighted by Crippen LogP contribution is -2.32. The van der Waals surface area contributed by atoms with E-state index in [4.69, 9.17) is 9.84 Å². The molecule has 1 heterocycles. The first-order chi connectivity index (χ1) is 11.1. The molecule has 2 N–H and O–H groups in total. The van der Waals surface area contributed by atoms with Crippen LogP contribution < -0.4 is 5.32 Å². The fourth-order valence-electron chi connectivity index (χ4n) is 2.21. The average Bonchev–Trinajstić information content (AvgIpc) is 3.01. The molecular weight excluding hydrogens is 298 g/mol. The van der Waals surface area contributed by atoms with E-state index in [1.54, 1.807) is 16.9 Å². The number of alkyl carbamates (subject to hydrolysis) is 1. The van der Waals surface area contributed by atoms with Crippen LogP contribution in [-0.2, 0) is 22.7 Å². The van der Waals surface area contributed by atoms with Gasteiger partial charge in [0.25, 0.3) is 0 Å². The van der Waals surface area contributed by atoms with Crippen LogP contribution in [0.4, 0.5) is 4.79 Å². The molecule has 0 saturated heterocycles. The molecule has 122 valence electrons. The number of aromatic nitrogens is 2. The SMILES string of the molecule is CCn1nccc1[C@@H](CC(=O)O)NC(=O)OCc1ccccc1. The van der Waals surface area contributed by atoms with Crippen LogP contribution in [0, 0.1) is 0 Å². The quantitative estimate of drug-likeness (QED) is 0.817. The third-order valence-corrected chi connectivity index (χ3v) is 3.29. The largest absolute Gasteiger partial charge is 0.481 e. The van der Waals surface area contributed by atoms with E-state index in [9.17, 15) is 9.59 Å². The van der Waals surface area contributed by atoms with Crippen molar-refractivity contribution in [1.82, 2.24) is 15.1 Å². The van der Waals surface area contributed by atoms with Gasteiger partial charge < -0.3 is 15.2 Å². The van der Waals surface area contributed by atoms with Gasteiger partial charge in [-0.1, -0.05) is 30.3 Å². The van der Waals surface area contributed by atoms with Crippen molar-refractivity contribution in [1.29, 1.82) is 0 Å². The smallest absolute Gasteiger partial charge is 0.408 e. The third kappa shape index (κ3) is 4.84. The Morgan fingerprint density at radius 1 is 1.30 bits per heavy atom. The van der Waals surface area contributed by atoms with Crippen LogP contribution in [0.25, 0.3) is 0 Å². The minimum Gasteiger partial charge on any atom is -0.481 e. The summed E-state index contributed by atoms with van der Waals surface area (Å²) in [6.07, 6.45) is 0.667. The van der Waals surface area contributed by atoms with E-state index in [0.29, 0.717) is 12.2 Å². The number of ether oxygens (including phenoxy) is 1. The van der Waals surface area contributed by atoms with E-state index >= 15 is 0 Å². The van der Waals surface area contributed by atoms with Crippen LogP contribution in [-0.4, -0.2) is 26.9 Å². The maximum absolute atomic E-state index is 11.9. The number of carboxylic acid groups (broad SMARTS) is 1. The summed E-state index contributed by atoms with van der Waals surface area (Å²) in [6, 6.07) is 10.3. The topological polar surface area (TPSA) is 93.5 Å². The van der Waals surface area contributed by atoms with Gasteiger partial charge in [-0.15, -0.1) is 0 Å². The number of amides is 1. The minimum absolute atomic E-state index is 0.125. The zero-order valence-electron chi connectivity index (χ0n) is 12.8. The number of carbonyl (C=O) groups is 2. The number of carbonyl (C=O) groups excluding carboxylic acids is 1. The van der Waals surface area contributed by atoms with Crippen LogP contribution in [0.3, 0.4) is 0 Å². The summed E-state index contributed by atoms with van der Waals surface area (Å²) in [4.78, 5) is 23.0. The second-order valence-corrected chi connectivity index (χ2v) is 4.93. The second kappa shape index (κ2) is 7.98. The van der Waals surface area contributed by atoms with Crippen molar-refractivity contribution in [2.24, 2.45) is 0 Å². The number of aliphatic carboxylic acids is 1. The molecule has 2 rings (SSSR count). The highest BCUT2D eigenvalue weighted by molar-refractivity contribution is 5.71. The first-order valence-electron chi connectivity index (χ1n) is 7.31. The lowest BCUT2D eigenvalue weighted by atomic mass is 10.1. The number of nitrogens with zero attached hydrogens (tertiary/aromatic N) is 2. The number of hydrogen-bond acceptors (Lipinski definition) is 4. The molecule has 23 heavy (non-hydrogen) atoms. The maximum atomic E-state index is 11.9. The average molecular weight is 317 g/mol. The van der Waals surface area contributed by atoms with Gasteiger partial charge in [-0.25, -0.2) is 4.79 Å². The molecule has 7 heteroatoms. The summed E-state index contributed by atoms with van der Waals surface area (Å²) < 4.78 is 6.78. The summed E-state index contributed by atoms with van der Waals surface area (Å²) >= 11 is 0. The lowest BCUT2D eigenvalue weighted by Gasteiger charge is -2.18. The molecular formula is C16H19N3O4. The Morgan fingerprint density at radius 3 is 2.70 bits per heavy atom. The van der Waals surface area contributed by atoms with E-state index in [-0.39, 0.29) is 13.0 Å². The van der Waals surface area contributed by atoms with Gasteiger partial charge in [0.15, 0.2) is 0 Å². The predicted octanol–water partition coefficient (Wildman–Crippen LogP) is 2.35. The summed E-state index contributed by atoms with van der Waals surface area (Å²) in [5, 5.41) is 15.7. The molecule has 0 aliphatic carbocycles. The fourth-order valence-corrected chi connectivity index (χ4v) is 2.21. The van der Waals surface area contributed by atoms with Crippen molar-refractivity contribution in [2.75, 3.05) is 0 Å². The highest BCUT2D eigenvalue weighted by Crippen LogP contribution is 2.17. The number of aryl methyl sites for hydroxylation is 1. The van der Waals surface area contributed by atoms with E-state index in [0.717, 1.165) is 5.56 Å². The molecule has 7 nitrogen and oxygen atoms in total. The number of nitrogens with one attached hydrogen (secondary N) is 1. The normalized spacial score (nSPS) is 11.7. The van der Waals surface area contributed by atoms with Gasteiger partial charge in [0, 0.05) is 12.7 Å². The molecule has 0 saturated carbocycles. The minimum atomic E-state index is -1.01. The predicted molar refractivity (Wildman–Crippen MR) is 82.7 cm³/mol. The molecule has 0 aliphatic rings. The Balaban J connectivity index is 2.00. The highest BCUT2D eigenvalue weighted by Gasteiger charge is 2.22. The summed E-state index contributed by atoms with van der Waals surface area (Å²) in [5.41, 5.74) is 1.49. The lowest BCUT2D eigenvalue weighted by molar-refractivity contribution is -0.137. The summed E-state index contributed by atoms with van der Waals surface area (Å²) in [5.74, 6) is -1.01. The summed E-state index contributed by atoms with van der Waals surface area (Å²) in [6.45, 7) is 2.60. The molecule has 2 aromatic rings. The van der Waals surface area contributed by atoms with E-state index in [2.05, 4.69) is 10.4 Å². The molecule has 0 bridgehead atoms. The van der Waals surface area contributed by atoms with Gasteiger partial charge in [-0.05, 0) is 18.6 Å². The number of carboxylic acids is 1. The van der Waals surface area contributed by atoms with Crippen LogP contribution >= 0.6 is 0 Å². The van der Waals surface area contributed by atoms with Gasteiger partial charge in [0.2, 0.25) is 0 Å². The van der Waals surface area contributed by atoms with Crippen molar-refractivity contribution in [2.45, 2.75) is 32.5 Å². The Kier molecular flexibility index (Phi) is 5.74. The number of rotatable bonds is 7. The first-order valence-corrected chi connectivity index (χ1v) is 7.31. The highest BCUT2D eigenvalue weighted by atomic mass is 16.5. The van der Waals surface area contributed by atoms with Crippen LogP contribution in [0.15, 0.2) is 42.6 Å². The third-order valence-electron chi connectivity index (χ3n) is 3.29. The number of hydrogen-bond donors (Lipinski definition) is 2. The zero-order chi connectivity index (χ0) is 16.7. The van der Waals surface area contributed by atoms with Crippen LogP contribution in [0.5, 0.6) is 0 Å². The molecule has 1 aromatic heterocycles. The summed E-state index contributed by atoms with van der Waals surface area (Å²) in [7, 11) is 0. The van der Waals surface area contributed by atoms with Crippen LogP contribution in [0.2, 0.25) is 0 Å². The molecule has 0 unspecified atom stereocenters. The van der Waals surface area contributed by atoms with Crippen molar-refractivity contribution in [3.63, 3.8) is 0 Å². The standard InChI is InChI=1S/C16H19N3O4/c1-2-19-14(8-9-17-19)13(10-15(20)21)18-16(22)23-11-12-6-4-3-5-7-12/h3-9,13H,2,10-11H2,1H3,(H,18,22)(H,20,21)/t13-/m1/s1.